The normalized spacial score (nSPS) is 28.5. The fourth-order valence-electron chi connectivity index (χ4n) is 1.95. The highest BCUT2D eigenvalue weighted by Gasteiger charge is 2.57. The lowest BCUT2D eigenvalue weighted by Crippen LogP contribution is -2.12. The van der Waals surface area contributed by atoms with Crippen LogP contribution < -0.4 is 4.74 Å². The molecule has 15 heavy (non-hydrogen) atoms. The van der Waals surface area contributed by atoms with Crippen molar-refractivity contribution in [3.05, 3.63) is 29.8 Å². The van der Waals surface area contributed by atoms with E-state index in [9.17, 15) is 4.79 Å². The van der Waals surface area contributed by atoms with Gasteiger partial charge in [-0.3, -0.25) is 4.79 Å². The number of rotatable bonds is 3. The van der Waals surface area contributed by atoms with Crippen molar-refractivity contribution in [1.82, 2.24) is 0 Å². The van der Waals surface area contributed by atoms with Gasteiger partial charge in [0.2, 0.25) is 0 Å². The number of ether oxygens (including phenoxy) is 1. The summed E-state index contributed by atoms with van der Waals surface area (Å²) in [7, 11) is 1.61. The summed E-state index contributed by atoms with van der Waals surface area (Å²) in [4.78, 5) is 11.0. The lowest BCUT2D eigenvalue weighted by molar-refractivity contribution is -0.142. The monoisotopic (exact) mass is 206 g/mol. The van der Waals surface area contributed by atoms with Crippen molar-refractivity contribution in [2.75, 3.05) is 7.11 Å². The molecule has 0 bridgehead atoms. The van der Waals surface area contributed by atoms with Crippen molar-refractivity contribution in [2.45, 2.75) is 19.3 Å². The van der Waals surface area contributed by atoms with Gasteiger partial charge in [0.15, 0.2) is 0 Å². The Balaban J connectivity index is 2.23. The number of aliphatic carboxylic acids is 1. The van der Waals surface area contributed by atoms with Crippen LogP contribution in [0.1, 0.15) is 24.8 Å². The van der Waals surface area contributed by atoms with Crippen molar-refractivity contribution in [3.8, 4) is 5.75 Å². The Kier molecular flexibility index (Phi) is 2.18. The summed E-state index contributed by atoms with van der Waals surface area (Å²) < 4.78 is 5.11. The van der Waals surface area contributed by atoms with Crippen LogP contribution in [0, 0.1) is 5.41 Å². The zero-order chi connectivity index (χ0) is 11.1. The summed E-state index contributed by atoms with van der Waals surface area (Å²) in [5.41, 5.74) is 0.478. The molecule has 3 heteroatoms. The summed E-state index contributed by atoms with van der Waals surface area (Å²) in [6, 6.07) is 7.64. The van der Waals surface area contributed by atoms with E-state index in [0.29, 0.717) is 0 Å². The number of hydrogen-bond donors (Lipinski definition) is 1. The van der Waals surface area contributed by atoms with E-state index in [4.69, 9.17) is 9.84 Å². The molecule has 3 nitrogen and oxygen atoms in total. The molecule has 0 saturated heterocycles. The van der Waals surface area contributed by atoms with Crippen molar-refractivity contribution < 1.29 is 14.6 Å². The molecule has 1 aliphatic carbocycles. The van der Waals surface area contributed by atoms with Gasteiger partial charge in [0, 0.05) is 5.92 Å². The molecule has 1 aliphatic rings. The Labute approximate surface area is 88.7 Å². The van der Waals surface area contributed by atoms with Crippen LogP contribution in [0.4, 0.5) is 0 Å². The maximum atomic E-state index is 11.0. The van der Waals surface area contributed by atoms with E-state index >= 15 is 0 Å². The number of carboxylic acid groups (broad SMARTS) is 1. The van der Waals surface area contributed by atoms with Gasteiger partial charge < -0.3 is 9.84 Å². The van der Waals surface area contributed by atoms with E-state index in [2.05, 4.69) is 0 Å². The zero-order valence-corrected chi connectivity index (χ0v) is 8.86. The molecule has 1 fully saturated rings. The molecule has 0 radical (unpaired) electrons. The first-order valence-corrected chi connectivity index (χ1v) is 4.95. The molecule has 0 aliphatic heterocycles. The Hall–Kier alpha value is -1.51. The molecule has 0 heterocycles. The first-order chi connectivity index (χ1) is 7.08. The fraction of sp³-hybridized carbons (Fsp3) is 0.417. The maximum Gasteiger partial charge on any atom is 0.309 e. The second-order valence-electron chi connectivity index (χ2n) is 4.26. The third kappa shape index (κ3) is 1.58. The number of carbonyl (C=O) groups is 1. The summed E-state index contributed by atoms with van der Waals surface area (Å²) in [6.45, 7) is 1.79. The molecule has 0 amide bonds. The van der Waals surface area contributed by atoms with E-state index in [0.717, 1.165) is 17.7 Å². The van der Waals surface area contributed by atoms with Gasteiger partial charge in [0.25, 0.3) is 0 Å². The molecule has 0 aromatic heterocycles. The van der Waals surface area contributed by atoms with Crippen LogP contribution in [0.5, 0.6) is 5.75 Å². The first-order valence-electron chi connectivity index (χ1n) is 4.95. The summed E-state index contributed by atoms with van der Waals surface area (Å²) in [6.07, 6.45) is 0.718. The molecule has 1 N–H and O–H groups in total. The molecule has 1 saturated carbocycles. The topological polar surface area (TPSA) is 46.5 Å². The largest absolute Gasteiger partial charge is 0.497 e. The molecule has 2 rings (SSSR count). The van der Waals surface area contributed by atoms with Crippen molar-refractivity contribution in [1.29, 1.82) is 0 Å². The highest BCUT2D eigenvalue weighted by Crippen LogP contribution is 2.59. The maximum absolute atomic E-state index is 11.0. The lowest BCUT2D eigenvalue weighted by atomic mass is 10.0. The molecule has 1 aromatic rings. The van der Waals surface area contributed by atoms with Crippen molar-refractivity contribution in [3.63, 3.8) is 0 Å². The minimum absolute atomic E-state index is 0.130. The van der Waals surface area contributed by atoms with Gasteiger partial charge in [0.05, 0.1) is 12.5 Å². The minimum atomic E-state index is -0.713. The van der Waals surface area contributed by atoms with Gasteiger partial charge in [-0.25, -0.2) is 0 Å². The molecular formula is C12H14O3. The van der Waals surface area contributed by atoms with Gasteiger partial charge in [-0.2, -0.15) is 0 Å². The van der Waals surface area contributed by atoms with Crippen molar-refractivity contribution >= 4 is 5.97 Å². The van der Waals surface area contributed by atoms with Crippen LogP contribution >= 0.6 is 0 Å². The Morgan fingerprint density at radius 3 is 2.87 bits per heavy atom. The Morgan fingerprint density at radius 1 is 1.60 bits per heavy atom. The fourth-order valence-corrected chi connectivity index (χ4v) is 1.95. The van der Waals surface area contributed by atoms with E-state index in [1.54, 1.807) is 14.0 Å². The number of benzene rings is 1. The number of hydrogen-bond acceptors (Lipinski definition) is 2. The molecule has 1 aromatic carbocycles. The van der Waals surface area contributed by atoms with Crippen LogP contribution in [0.3, 0.4) is 0 Å². The average molecular weight is 206 g/mol. The second-order valence-corrected chi connectivity index (χ2v) is 4.26. The standard InChI is InChI=1S/C12H14O3/c1-12(11(13)14)7-10(12)8-4-3-5-9(6-8)15-2/h3-6,10H,7H2,1-2H3,(H,13,14)/t10-,12+/m1/s1. The molecule has 0 unspecified atom stereocenters. The van der Waals surface area contributed by atoms with E-state index < -0.39 is 11.4 Å². The van der Waals surface area contributed by atoms with E-state index in [1.165, 1.54) is 0 Å². The Morgan fingerprint density at radius 2 is 2.33 bits per heavy atom. The van der Waals surface area contributed by atoms with Crippen LogP contribution in [0.2, 0.25) is 0 Å². The van der Waals surface area contributed by atoms with Gasteiger partial charge in [-0.1, -0.05) is 12.1 Å². The molecule has 80 valence electrons. The SMILES string of the molecule is COc1cccc([C@H]2C[C@]2(C)C(=O)O)c1. The van der Waals surface area contributed by atoms with Gasteiger partial charge >= 0.3 is 5.97 Å². The Bertz CT molecular complexity index is 400. The highest BCUT2D eigenvalue weighted by atomic mass is 16.5. The second kappa shape index (κ2) is 3.26. The van der Waals surface area contributed by atoms with Crippen LogP contribution in [0.25, 0.3) is 0 Å². The first kappa shape index (κ1) is 10.0. The van der Waals surface area contributed by atoms with E-state index in [-0.39, 0.29) is 5.92 Å². The lowest BCUT2D eigenvalue weighted by Gasteiger charge is -2.06. The van der Waals surface area contributed by atoms with Gasteiger partial charge in [0.1, 0.15) is 5.75 Å². The van der Waals surface area contributed by atoms with Gasteiger partial charge in [-0.15, -0.1) is 0 Å². The quantitative estimate of drug-likeness (QED) is 0.825. The smallest absolute Gasteiger partial charge is 0.309 e. The van der Waals surface area contributed by atoms with Gasteiger partial charge in [-0.05, 0) is 31.0 Å². The predicted octanol–water partition coefficient (Wildman–Crippen LogP) is 2.27. The zero-order valence-electron chi connectivity index (χ0n) is 8.86. The highest BCUT2D eigenvalue weighted by molar-refractivity contribution is 5.80. The predicted molar refractivity (Wildman–Crippen MR) is 56.1 cm³/mol. The third-order valence-corrected chi connectivity index (χ3v) is 3.22. The summed E-state index contributed by atoms with van der Waals surface area (Å²) >= 11 is 0. The van der Waals surface area contributed by atoms with Crippen LogP contribution in [-0.4, -0.2) is 18.2 Å². The minimum Gasteiger partial charge on any atom is -0.497 e. The van der Waals surface area contributed by atoms with Crippen LogP contribution in [-0.2, 0) is 4.79 Å². The summed E-state index contributed by atoms with van der Waals surface area (Å²) in [5, 5.41) is 9.04. The third-order valence-electron chi connectivity index (χ3n) is 3.22. The summed E-state index contributed by atoms with van der Waals surface area (Å²) in [5.74, 6) is 0.201. The van der Waals surface area contributed by atoms with Crippen LogP contribution in [0.15, 0.2) is 24.3 Å². The van der Waals surface area contributed by atoms with Crippen molar-refractivity contribution in [2.24, 2.45) is 5.41 Å². The molecular weight excluding hydrogens is 192 g/mol. The molecule has 2 atom stereocenters. The molecule has 0 spiro atoms. The number of methoxy groups -OCH3 is 1. The number of carboxylic acids is 1. The van der Waals surface area contributed by atoms with E-state index in [1.807, 2.05) is 24.3 Å². The average Bonchev–Trinajstić information content (AvgIpc) is 2.93.